The van der Waals surface area contributed by atoms with Crippen LogP contribution in [-0.4, -0.2) is 11.0 Å². The second-order valence-electron chi connectivity index (χ2n) is 5.09. The van der Waals surface area contributed by atoms with E-state index in [2.05, 4.69) is 4.98 Å². The van der Waals surface area contributed by atoms with Gasteiger partial charge in [-0.3, -0.25) is 4.98 Å². The lowest BCUT2D eigenvalue weighted by atomic mass is 10.1. The molecular formula is C16H19FN2O. The summed E-state index contributed by atoms with van der Waals surface area (Å²) in [6.45, 7) is 4.28. The van der Waals surface area contributed by atoms with Gasteiger partial charge in [-0.15, -0.1) is 0 Å². The zero-order valence-electron chi connectivity index (χ0n) is 11.8. The Hall–Kier alpha value is -1.94. The Bertz CT molecular complexity index is 584. The molecule has 0 saturated carbocycles. The molecule has 1 aromatic heterocycles. The Morgan fingerprint density at radius 2 is 2.10 bits per heavy atom. The lowest BCUT2D eigenvalue weighted by Crippen LogP contribution is -2.18. The van der Waals surface area contributed by atoms with E-state index in [0.29, 0.717) is 18.8 Å². The number of aryl methyl sites for hydroxylation is 1. The number of pyridine rings is 1. The third kappa shape index (κ3) is 4.03. The van der Waals surface area contributed by atoms with Crippen molar-refractivity contribution in [3.05, 3.63) is 59.2 Å². The van der Waals surface area contributed by atoms with Crippen LogP contribution in [0.25, 0.3) is 0 Å². The van der Waals surface area contributed by atoms with Crippen molar-refractivity contribution >= 4 is 0 Å². The van der Waals surface area contributed by atoms with E-state index in [1.807, 2.05) is 19.9 Å². The highest BCUT2D eigenvalue weighted by molar-refractivity contribution is 5.35. The van der Waals surface area contributed by atoms with E-state index in [1.165, 1.54) is 12.1 Å². The summed E-state index contributed by atoms with van der Waals surface area (Å²) in [5.41, 5.74) is 8.65. The SMILES string of the molecule is Cc1cncc(COc2ccc(F)cc2CC(C)N)c1. The second-order valence-corrected chi connectivity index (χ2v) is 5.09. The Balaban J connectivity index is 2.12. The summed E-state index contributed by atoms with van der Waals surface area (Å²) in [5, 5.41) is 0. The lowest BCUT2D eigenvalue weighted by molar-refractivity contribution is 0.301. The Kier molecular flexibility index (Phi) is 4.69. The molecule has 0 aliphatic rings. The highest BCUT2D eigenvalue weighted by Crippen LogP contribution is 2.22. The van der Waals surface area contributed by atoms with Gasteiger partial charge < -0.3 is 10.5 Å². The van der Waals surface area contributed by atoms with E-state index in [4.69, 9.17) is 10.5 Å². The van der Waals surface area contributed by atoms with Crippen molar-refractivity contribution in [3.8, 4) is 5.75 Å². The van der Waals surface area contributed by atoms with Gasteiger partial charge in [0.25, 0.3) is 0 Å². The minimum atomic E-state index is -0.273. The number of hydrogen-bond donors (Lipinski definition) is 1. The molecule has 4 heteroatoms. The molecule has 0 aliphatic carbocycles. The number of aromatic nitrogens is 1. The molecule has 106 valence electrons. The van der Waals surface area contributed by atoms with E-state index in [1.54, 1.807) is 18.5 Å². The van der Waals surface area contributed by atoms with Crippen LogP contribution in [0.2, 0.25) is 0 Å². The maximum Gasteiger partial charge on any atom is 0.123 e. The van der Waals surface area contributed by atoms with Gasteiger partial charge in [0.15, 0.2) is 0 Å². The van der Waals surface area contributed by atoms with Gasteiger partial charge in [0.2, 0.25) is 0 Å². The molecule has 1 atom stereocenters. The first kappa shape index (κ1) is 14.5. The van der Waals surface area contributed by atoms with Crippen molar-refractivity contribution in [1.82, 2.24) is 4.98 Å². The van der Waals surface area contributed by atoms with Gasteiger partial charge >= 0.3 is 0 Å². The molecule has 0 spiro atoms. The summed E-state index contributed by atoms with van der Waals surface area (Å²) in [4.78, 5) is 4.12. The van der Waals surface area contributed by atoms with Crippen molar-refractivity contribution in [2.75, 3.05) is 0 Å². The molecule has 2 rings (SSSR count). The second kappa shape index (κ2) is 6.48. The standard InChI is InChI=1S/C16H19FN2O/c1-11-5-13(9-19-8-11)10-20-16-4-3-15(17)7-14(16)6-12(2)18/h3-5,7-9,12H,6,10,18H2,1-2H3. The first-order valence-electron chi connectivity index (χ1n) is 6.62. The molecule has 1 aromatic carbocycles. The van der Waals surface area contributed by atoms with Gasteiger partial charge in [-0.2, -0.15) is 0 Å². The number of nitrogens with two attached hydrogens (primary N) is 1. The smallest absolute Gasteiger partial charge is 0.123 e. The summed E-state index contributed by atoms with van der Waals surface area (Å²) in [6.07, 6.45) is 4.14. The predicted molar refractivity (Wildman–Crippen MR) is 77.1 cm³/mol. The number of ether oxygens (including phenoxy) is 1. The van der Waals surface area contributed by atoms with E-state index in [0.717, 1.165) is 16.7 Å². The first-order valence-corrected chi connectivity index (χ1v) is 6.62. The molecule has 0 fully saturated rings. The van der Waals surface area contributed by atoms with Crippen molar-refractivity contribution in [2.45, 2.75) is 32.9 Å². The van der Waals surface area contributed by atoms with Crippen molar-refractivity contribution in [2.24, 2.45) is 5.73 Å². The van der Waals surface area contributed by atoms with Crippen LogP contribution >= 0.6 is 0 Å². The maximum atomic E-state index is 13.3. The molecular weight excluding hydrogens is 255 g/mol. The number of benzene rings is 1. The van der Waals surface area contributed by atoms with Crippen molar-refractivity contribution in [3.63, 3.8) is 0 Å². The number of nitrogens with zero attached hydrogens (tertiary/aromatic N) is 1. The zero-order valence-corrected chi connectivity index (χ0v) is 11.8. The van der Waals surface area contributed by atoms with Gasteiger partial charge in [0.05, 0.1) is 0 Å². The molecule has 0 bridgehead atoms. The van der Waals surface area contributed by atoms with E-state index in [-0.39, 0.29) is 11.9 Å². The van der Waals surface area contributed by atoms with Gasteiger partial charge in [-0.1, -0.05) is 0 Å². The summed E-state index contributed by atoms with van der Waals surface area (Å²) >= 11 is 0. The van der Waals surface area contributed by atoms with E-state index in [9.17, 15) is 4.39 Å². The Morgan fingerprint density at radius 3 is 2.80 bits per heavy atom. The van der Waals surface area contributed by atoms with Crippen LogP contribution in [0, 0.1) is 12.7 Å². The van der Waals surface area contributed by atoms with Crippen LogP contribution in [0.1, 0.15) is 23.6 Å². The molecule has 3 nitrogen and oxygen atoms in total. The van der Waals surface area contributed by atoms with Gasteiger partial charge in [0, 0.05) is 24.0 Å². The molecule has 0 radical (unpaired) electrons. The molecule has 2 aromatic rings. The summed E-state index contributed by atoms with van der Waals surface area (Å²) < 4.78 is 19.1. The Morgan fingerprint density at radius 1 is 1.30 bits per heavy atom. The van der Waals surface area contributed by atoms with E-state index < -0.39 is 0 Å². The van der Waals surface area contributed by atoms with E-state index >= 15 is 0 Å². The fourth-order valence-corrected chi connectivity index (χ4v) is 2.05. The van der Waals surface area contributed by atoms with Crippen molar-refractivity contribution < 1.29 is 9.13 Å². The van der Waals surface area contributed by atoms with Crippen LogP contribution in [0.15, 0.2) is 36.7 Å². The third-order valence-corrected chi connectivity index (χ3v) is 2.89. The summed E-state index contributed by atoms with van der Waals surface area (Å²) in [6, 6.07) is 6.50. The average molecular weight is 274 g/mol. The van der Waals surface area contributed by atoms with Crippen LogP contribution in [-0.2, 0) is 13.0 Å². The van der Waals surface area contributed by atoms with Crippen LogP contribution in [0.5, 0.6) is 5.75 Å². The molecule has 0 aliphatic heterocycles. The highest BCUT2D eigenvalue weighted by atomic mass is 19.1. The van der Waals surface area contributed by atoms with Gasteiger partial charge in [0.1, 0.15) is 18.2 Å². The van der Waals surface area contributed by atoms with Crippen LogP contribution < -0.4 is 10.5 Å². The quantitative estimate of drug-likeness (QED) is 0.911. The molecule has 1 heterocycles. The zero-order chi connectivity index (χ0) is 14.5. The minimum Gasteiger partial charge on any atom is -0.489 e. The van der Waals surface area contributed by atoms with Crippen LogP contribution in [0.3, 0.4) is 0 Å². The fourth-order valence-electron chi connectivity index (χ4n) is 2.05. The first-order chi connectivity index (χ1) is 9.54. The third-order valence-electron chi connectivity index (χ3n) is 2.89. The Labute approximate surface area is 118 Å². The van der Waals surface area contributed by atoms with Gasteiger partial charge in [-0.25, -0.2) is 4.39 Å². The number of halogens is 1. The monoisotopic (exact) mass is 274 g/mol. The maximum absolute atomic E-state index is 13.3. The fraction of sp³-hybridized carbons (Fsp3) is 0.312. The number of hydrogen-bond acceptors (Lipinski definition) is 3. The largest absolute Gasteiger partial charge is 0.489 e. The molecule has 0 amide bonds. The van der Waals surface area contributed by atoms with Crippen molar-refractivity contribution in [1.29, 1.82) is 0 Å². The highest BCUT2D eigenvalue weighted by Gasteiger charge is 2.08. The summed E-state index contributed by atoms with van der Waals surface area (Å²) in [7, 11) is 0. The summed E-state index contributed by atoms with van der Waals surface area (Å²) in [5.74, 6) is 0.399. The molecule has 2 N–H and O–H groups in total. The number of rotatable bonds is 5. The average Bonchev–Trinajstić information content (AvgIpc) is 2.37. The molecule has 20 heavy (non-hydrogen) atoms. The predicted octanol–water partition coefficient (Wildman–Crippen LogP) is 3.00. The topological polar surface area (TPSA) is 48.1 Å². The van der Waals surface area contributed by atoms with Gasteiger partial charge in [-0.05, 0) is 55.7 Å². The minimum absolute atomic E-state index is 0.0419. The molecule has 1 unspecified atom stereocenters. The van der Waals surface area contributed by atoms with Crippen LogP contribution in [0.4, 0.5) is 4.39 Å². The lowest BCUT2D eigenvalue weighted by Gasteiger charge is -2.13. The normalized spacial score (nSPS) is 12.2. The molecule has 0 saturated heterocycles.